The van der Waals surface area contributed by atoms with Gasteiger partial charge >= 0.3 is 0 Å². The summed E-state index contributed by atoms with van der Waals surface area (Å²) in [6.07, 6.45) is 7.24. The van der Waals surface area contributed by atoms with Gasteiger partial charge in [-0.25, -0.2) is 0 Å². The van der Waals surface area contributed by atoms with E-state index in [4.69, 9.17) is 9.47 Å². The molecule has 0 aromatic carbocycles. The predicted octanol–water partition coefficient (Wildman–Crippen LogP) is 2.47. The van der Waals surface area contributed by atoms with Crippen molar-refractivity contribution < 1.29 is 14.3 Å². The maximum absolute atomic E-state index is 11.9. The van der Waals surface area contributed by atoms with E-state index in [2.05, 4.69) is 11.1 Å². The molecule has 2 saturated heterocycles. The van der Waals surface area contributed by atoms with Gasteiger partial charge in [0.1, 0.15) is 5.60 Å². The Labute approximate surface area is 138 Å². The normalized spacial score (nSPS) is 22.9. The summed E-state index contributed by atoms with van der Waals surface area (Å²) >= 11 is 0. The number of ether oxygens (including phenoxy) is 2. The first-order valence-electron chi connectivity index (χ1n) is 8.54. The van der Waals surface area contributed by atoms with Gasteiger partial charge in [0.2, 0.25) is 5.91 Å². The van der Waals surface area contributed by atoms with E-state index >= 15 is 0 Å². The lowest BCUT2D eigenvalue weighted by molar-refractivity contribution is -0.202. The van der Waals surface area contributed by atoms with Crippen LogP contribution in [0.25, 0.3) is 0 Å². The number of pyridine rings is 1. The topological polar surface area (TPSA) is 51.7 Å². The van der Waals surface area contributed by atoms with Crippen molar-refractivity contribution >= 4 is 5.91 Å². The van der Waals surface area contributed by atoms with Crippen molar-refractivity contribution in [3.8, 4) is 0 Å². The van der Waals surface area contributed by atoms with E-state index in [-0.39, 0.29) is 17.6 Å². The predicted molar refractivity (Wildman–Crippen MR) is 87.0 cm³/mol. The molecule has 1 amide bonds. The summed E-state index contributed by atoms with van der Waals surface area (Å²) in [5, 5.41) is 0. The van der Waals surface area contributed by atoms with Crippen LogP contribution in [0.4, 0.5) is 0 Å². The third kappa shape index (κ3) is 3.90. The number of hydrogen-bond donors (Lipinski definition) is 0. The Balaban J connectivity index is 1.49. The molecule has 0 aliphatic carbocycles. The molecule has 126 valence electrons. The number of likely N-dealkylation sites (tertiary alicyclic amines) is 1. The van der Waals surface area contributed by atoms with Gasteiger partial charge in [0.25, 0.3) is 0 Å². The minimum atomic E-state index is -0.169. The summed E-state index contributed by atoms with van der Waals surface area (Å²) in [4.78, 5) is 18.0. The number of hydrogen-bond acceptors (Lipinski definition) is 4. The lowest BCUT2D eigenvalue weighted by Crippen LogP contribution is -2.67. The molecule has 0 saturated carbocycles. The number of carbonyl (C=O) groups is 1. The number of aryl methyl sites for hydroxylation is 1. The van der Waals surface area contributed by atoms with Crippen molar-refractivity contribution in [3.63, 3.8) is 0 Å². The second-order valence-corrected chi connectivity index (χ2v) is 6.83. The van der Waals surface area contributed by atoms with Crippen LogP contribution in [-0.4, -0.2) is 47.2 Å². The fourth-order valence-electron chi connectivity index (χ4n) is 3.45. The lowest BCUT2D eigenvalue weighted by Gasteiger charge is -2.53. The van der Waals surface area contributed by atoms with Gasteiger partial charge in [-0.2, -0.15) is 0 Å². The second-order valence-electron chi connectivity index (χ2n) is 6.83. The molecular weight excluding hydrogens is 292 g/mol. The first kappa shape index (κ1) is 16.4. The summed E-state index contributed by atoms with van der Waals surface area (Å²) in [6.45, 7) is 6.82. The molecule has 23 heavy (non-hydrogen) atoms. The summed E-state index contributed by atoms with van der Waals surface area (Å²) in [7, 11) is 0. The zero-order valence-electron chi connectivity index (χ0n) is 14.1. The van der Waals surface area contributed by atoms with E-state index in [0.717, 1.165) is 43.5 Å². The van der Waals surface area contributed by atoms with Crippen molar-refractivity contribution in [2.24, 2.45) is 0 Å². The molecule has 1 spiro atoms. The summed E-state index contributed by atoms with van der Waals surface area (Å²) in [6, 6.07) is 2.11. The van der Waals surface area contributed by atoms with Gasteiger partial charge in [-0.05, 0) is 30.9 Å². The summed E-state index contributed by atoms with van der Waals surface area (Å²) < 4.78 is 12.1. The third-order valence-corrected chi connectivity index (χ3v) is 4.64. The van der Waals surface area contributed by atoms with Crippen LogP contribution in [0.2, 0.25) is 0 Å². The van der Waals surface area contributed by atoms with Gasteiger partial charge in [0.15, 0.2) is 0 Å². The maximum Gasteiger partial charge on any atom is 0.222 e. The zero-order chi connectivity index (χ0) is 16.3. The highest BCUT2D eigenvalue weighted by molar-refractivity contribution is 5.77. The fraction of sp³-hybridized carbons (Fsp3) is 0.667. The van der Waals surface area contributed by atoms with Crippen LogP contribution in [0, 0.1) is 6.92 Å². The molecule has 1 unspecified atom stereocenters. The van der Waals surface area contributed by atoms with Gasteiger partial charge in [-0.15, -0.1) is 0 Å². The van der Waals surface area contributed by atoms with Crippen molar-refractivity contribution in [3.05, 3.63) is 29.6 Å². The average Bonchev–Trinajstić information content (AvgIpc) is 2.51. The highest BCUT2D eigenvalue weighted by Gasteiger charge is 2.49. The number of amides is 1. The molecule has 0 radical (unpaired) electrons. The fourth-order valence-corrected chi connectivity index (χ4v) is 3.45. The molecule has 3 heterocycles. The number of carbonyl (C=O) groups excluding carboxylic acids is 1. The number of rotatable bonds is 5. The number of aromatic nitrogens is 1. The SMILES string of the molecule is CCCC(=O)N1CC2(CC(OCc3cncc(C)c3)CCO2)C1. The standard InChI is InChI=1S/C18H26N2O3/c1-3-4-17(21)20-12-18(13-20)8-16(5-6-23-18)22-11-15-7-14(2)9-19-10-15/h7,9-10,16H,3-6,8,11-13H2,1-2H3. The summed E-state index contributed by atoms with van der Waals surface area (Å²) in [5.41, 5.74) is 2.09. The van der Waals surface area contributed by atoms with Crippen LogP contribution in [0.5, 0.6) is 0 Å². The smallest absolute Gasteiger partial charge is 0.222 e. The molecule has 1 aromatic rings. The van der Waals surface area contributed by atoms with Gasteiger partial charge in [0, 0.05) is 31.8 Å². The average molecular weight is 318 g/mol. The van der Waals surface area contributed by atoms with Gasteiger partial charge in [-0.3, -0.25) is 9.78 Å². The van der Waals surface area contributed by atoms with Crippen molar-refractivity contribution in [1.82, 2.24) is 9.88 Å². The molecule has 0 N–H and O–H groups in total. The van der Waals surface area contributed by atoms with Crippen LogP contribution in [-0.2, 0) is 20.9 Å². The molecule has 3 rings (SSSR count). The molecule has 0 bridgehead atoms. The molecule has 5 heteroatoms. The van der Waals surface area contributed by atoms with Crippen LogP contribution in [0.1, 0.15) is 43.7 Å². The largest absolute Gasteiger partial charge is 0.373 e. The Morgan fingerprint density at radius 1 is 1.48 bits per heavy atom. The van der Waals surface area contributed by atoms with E-state index in [1.54, 1.807) is 0 Å². The molecule has 2 aliphatic rings. The van der Waals surface area contributed by atoms with Crippen LogP contribution < -0.4 is 0 Å². The lowest BCUT2D eigenvalue weighted by atomic mass is 9.84. The molecule has 5 nitrogen and oxygen atoms in total. The Morgan fingerprint density at radius 2 is 2.30 bits per heavy atom. The number of nitrogens with zero attached hydrogens (tertiary/aromatic N) is 2. The molecule has 1 aromatic heterocycles. The van der Waals surface area contributed by atoms with E-state index in [1.165, 1.54) is 0 Å². The van der Waals surface area contributed by atoms with Gasteiger partial charge in [-0.1, -0.05) is 13.0 Å². The monoisotopic (exact) mass is 318 g/mol. The first-order chi connectivity index (χ1) is 11.1. The Kier molecular flexibility index (Phi) is 4.97. The highest BCUT2D eigenvalue weighted by atomic mass is 16.5. The van der Waals surface area contributed by atoms with Crippen LogP contribution in [0.15, 0.2) is 18.5 Å². The molecule has 2 fully saturated rings. The van der Waals surface area contributed by atoms with E-state index in [1.807, 2.05) is 31.1 Å². The molecule has 1 atom stereocenters. The van der Waals surface area contributed by atoms with Gasteiger partial charge in [0.05, 0.1) is 25.8 Å². The van der Waals surface area contributed by atoms with Crippen LogP contribution in [0.3, 0.4) is 0 Å². The summed E-state index contributed by atoms with van der Waals surface area (Å²) in [5.74, 6) is 0.246. The Bertz CT molecular complexity index is 555. The minimum Gasteiger partial charge on any atom is -0.373 e. The first-order valence-corrected chi connectivity index (χ1v) is 8.54. The maximum atomic E-state index is 11.9. The molecular formula is C18H26N2O3. The minimum absolute atomic E-state index is 0.169. The van der Waals surface area contributed by atoms with E-state index in [0.29, 0.717) is 19.6 Å². The molecule has 2 aliphatic heterocycles. The second kappa shape index (κ2) is 6.97. The van der Waals surface area contributed by atoms with Gasteiger partial charge < -0.3 is 14.4 Å². The zero-order valence-corrected chi connectivity index (χ0v) is 14.1. The van der Waals surface area contributed by atoms with E-state index < -0.39 is 0 Å². The Hall–Kier alpha value is -1.46. The van der Waals surface area contributed by atoms with Crippen molar-refractivity contribution in [2.75, 3.05) is 19.7 Å². The quantitative estimate of drug-likeness (QED) is 0.837. The van der Waals surface area contributed by atoms with E-state index in [9.17, 15) is 4.79 Å². The van der Waals surface area contributed by atoms with Crippen molar-refractivity contribution in [1.29, 1.82) is 0 Å². The Morgan fingerprint density at radius 3 is 3.04 bits per heavy atom. The van der Waals surface area contributed by atoms with Crippen LogP contribution >= 0.6 is 0 Å². The third-order valence-electron chi connectivity index (χ3n) is 4.64. The van der Waals surface area contributed by atoms with Crippen molar-refractivity contribution in [2.45, 2.75) is 57.8 Å². The highest BCUT2D eigenvalue weighted by Crippen LogP contribution is 2.35.